The van der Waals surface area contributed by atoms with Crippen LogP contribution < -0.4 is 0 Å². The van der Waals surface area contributed by atoms with Crippen LogP contribution in [-0.2, 0) is 0 Å². The standard InChI is InChI=1S/C6H12.C4H4N2/c1-2-4-6-5-3-1;1-2-5-4-6-3-1/h1-6H2;1-4H. The molecule has 1 aromatic rings. The van der Waals surface area contributed by atoms with Crippen LogP contribution in [0.3, 0.4) is 0 Å². The molecular weight excluding hydrogens is 148 g/mol. The van der Waals surface area contributed by atoms with Gasteiger partial charge in [0.15, 0.2) is 0 Å². The van der Waals surface area contributed by atoms with Gasteiger partial charge in [-0.3, -0.25) is 0 Å². The van der Waals surface area contributed by atoms with Crippen LogP contribution in [0.25, 0.3) is 0 Å². The van der Waals surface area contributed by atoms with Crippen molar-refractivity contribution >= 4 is 0 Å². The summed E-state index contributed by atoms with van der Waals surface area (Å²) in [7, 11) is 0. The first-order chi connectivity index (χ1) is 6.00. The lowest BCUT2D eigenvalue weighted by Crippen LogP contribution is -1.85. The zero-order valence-corrected chi connectivity index (χ0v) is 7.45. The molecule has 1 aromatic heterocycles. The van der Waals surface area contributed by atoms with Gasteiger partial charge >= 0.3 is 0 Å². The minimum absolute atomic E-state index is 1.50. The number of hydrogen-bond acceptors (Lipinski definition) is 2. The molecule has 0 bridgehead atoms. The Morgan fingerprint density at radius 2 is 1.08 bits per heavy atom. The first kappa shape index (κ1) is 9.17. The van der Waals surface area contributed by atoms with Crippen molar-refractivity contribution in [1.82, 2.24) is 9.97 Å². The molecule has 2 heteroatoms. The van der Waals surface area contributed by atoms with Crippen molar-refractivity contribution in [3.05, 3.63) is 24.8 Å². The van der Waals surface area contributed by atoms with Gasteiger partial charge in [0.05, 0.1) is 0 Å². The second-order valence-electron chi connectivity index (χ2n) is 3.03. The molecule has 1 saturated carbocycles. The van der Waals surface area contributed by atoms with Crippen molar-refractivity contribution in [1.29, 1.82) is 0 Å². The highest BCUT2D eigenvalue weighted by atomic mass is 14.8. The third-order valence-electron chi connectivity index (χ3n) is 1.98. The molecular formula is C10H16N2. The minimum atomic E-state index is 1.50. The molecule has 66 valence electrons. The lowest BCUT2D eigenvalue weighted by atomic mass is 10.0. The summed E-state index contributed by atoms with van der Waals surface area (Å²) >= 11 is 0. The summed E-state index contributed by atoms with van der Waals surface area (Å²) in [6.45, 7) is 0. The average Bonchev–Trinajstić information content (AvgIpc) is 2.24. The second-order valence-corrected chi connectivity index (χ2v) is 3.03. The predicted octanol–water partition coefficient (Wildman–Crippen LogP) is 2.82. The first-order valence-corrected chi connectivity index (χ1v) is 4.70. The van der Waals surface area contributed by atoms with Crippen LogP contribution in [0.15, 0.2) is 24.8 Å². The lowest BCUT2D eigenvalue weighted by Gasteiger charge is -2.05. The van der Waals surface area contributed by atoms with Gasteiger partial charge < -0.3 is 0 Å². The molecule has 0 unspecified atom stereocenters. The molecule has 1 heterocycles. The lowest BCUT2D eigenvalue weighted by molar-refractivity contribution is 0.504. The van der Waals surface area contributed by atoms with E-state index in [1.807, 2.05) is 0 Å². The molecule has 0 radical (unpaired) electrons. The number of rotatable bonds is 0. The van der Waals surface area contributed by atoms with Gasteiger partial charge in [-0.05, 0) is 6.07 Å². The Labute approximate surface area is 74.1 Å². The van der Waals surface area contributed by atoms with Gasteiger partial charge in [-0.15, -0.1) is 0 Å². The summed E-state index contributed by atoms with van der Waals surface area (Å²) in [5, 5.41) is 0. The predicted molar refractivity (Wildman–Crippen MR) is 49.7 cm³/mol. The molecule has 0 saturated heterocycles. The van der Waals surface area contributed by atoms with E-state index in [9.17, 15) is 0 Å². The molecule has 1 aliphatic carbocycles. The normalized spacial score (nSPS) is 16.0. The van der Waals surface area contributed by atoms with Crippen molar-refractivity contribution in [2.75, 3.05) is 0 Å². The summed E-state index contributed by atoms with van der Waals surface area (Å²) in [5.41, 5.74) is 0. The molecule has 0 atom stereocenters. The van der Waals surface area contributed by atoms with Crippen molar-refractivity contribution in [3.8, 4) is 0 Å². The van der Waals surface area contributed by atoms with Crippen LogP contribution >= 0.6 is 0 Å². The van der Waals surface area contributed by atoms with Crippen LogP contribution in [0.5, 0.6) is 0 Å². The minimum Gasteiger partial charge on any atom is -0.245 e. The molecule has 0 N–H and O–H groups in total. The Morgan fingerprint density at radius 3 is 1.25 bits per heavy atom. The fourth-order valence-electron chi connectivity index (χ4n) is 1.31. The summed E-state index contributed by atoms with van der Waals surface area (Å²) < 4.78 is 0. The zero-order chi connectivity index (χ0) is 8.49. The topological polar surface area (TPSA) is 25.8 Å². The monoisotopic (exact) mass is 164 g/mol. The molecule has 2 nitrogen and oxygen atoms in total. The Morgan fingerprint density at radius 1 is 0.667 bits per heavy atom. The van der Waals surface area contributed by atoms with Crippen molar-refractivity contribution in [2.45, 2.75) is 38.5 Å². The van der Waals surface area contributed by atoms with Crippen molar-refractivity contribution < 1.29 is 0 Å². The van der Waals surface area contributed by atoms with E-state index in [-0.39, 0.29) is 0 Å². The maximum absolute atomic E-state index is 3.67. The molecule has 0 spiro atoms. The summed E-state index contributed by atoms with van der Waals surface area (Å²) in [6, 6.07) is 1.78. The Bertz CT molecular complexity index is 132. The molecule has 0 aliphatic heterocycles. The largest absolute Gasteiger partial charge is 0.245 e. The van der Waals surface area contributed by atoms with Crippen LogP contribution in [0.1, 0.15) is 38.5 Å². The summed E-state index contributed by atoms with van der Waals surface area (Å²) in [5.74, 6) is 0. The average molecular weight is 164 g/mol. The van der Waals surface area contributed by atoms with Crippen molar-refractivity contribution in [3.63, 3.8) is 0 Å². The molecule has 0 aromatic carbocycles. The van der Waals surface area contributed by atoms with E-state index in [1.165, 1.54) is 44.9 Å². The Balaban J connectivity index is 0.000000120. The van der Waals surface area contributed by atoms with Gasteiger partial charge in [0.25, 0.3) is 0 Å². The van der Waals surface area contributed by atoms with E-state index in [0.29, 0.717) is 0 Å². The smallest absolute Gasteiger partial charge is 0.115 e. The zero-order valence-electron chi connectivity index (χ0n) is 7.45. The molecule has 12 heavy (non-hydrogen) atoms. The number of aromatic nitrogens is 2. The van der Waals surface area contributed by atoms with Gasteiger partial charge in [-0.2, -0.15) is 0 Å². The SMILES string of the molecule is C1CCCCC1.c1cncnc1. The van der Waals surface area contributed by atoms with E-state index in [2.05, 4.69) is 9.97 Å². The van der Waals surface area contributed by atoms with E-state index in [1.54, 1.807) is 18.5 Å². The maximum Gasteiger partial charge on any atom is 0.115 e. The fraction of sp³-hybridized carbons (Fsp3) is 0.600. The Hall–Kier alpha value is -0.920. The number of nitrogens with zero attached hydrogens (tertiary/aromatic N) is 2. The highest BCUT2D eigenvalue weighted by Crippen LogP contribution is 2.15. The maximum atomic E-state index is 3.67. The van der Waals surface area contributed by atoms with Crippen LogP contribution in [0.2, 0.25) is 0 Å². The first-order valence-electron chi connectivity index (χ1n) is 4.70. The fourth-order valence-corrected chi connectivity index (χ4v) is 1.31. The third-order valence-corrected chi connectivity index (χ3v) is 1.98. The molecule has 1 fully saturated rings. The van der Waals surface area contributed by atoms with E-state index in [4.69, 9.17) is 0 Å². The molecule has 2 rings (SSSR count). The van der Waals surface area contributed by atoms with Crippen LogP contribution in [0, 0.1) is 0 Å². The van der Waals surface area contributed by atoms with Crippen LogP contribution in [0.4, 0.5) is 0 Å². The number of hydrogen-bond donors (Lipinski definition) is 0. The van der Waals surface area contributed by atoms with Gasteiger partial charge in [-0.25, -0.2) is 9.97 Å². The van der Waals surface area contributed by atoms with E-state index >= 15 is 0 Å². The summed E-state index contributed by atoms with van der Waals surface area (Å²) in [6.07, 6.45) is 13.9. The molecule has 1 aliphatic rings. The summed E-state index contributed by atoms with van der Waals surface area (Å²) in [4.78, 5) is 7.35. The highest BCUT2D eigenvalue weighted by molar-refractivity contribution is 4.74. The second kappa shape index (κ2) is 6.77. The quantitative estimate of drug-likeness (QED) is 0.589. The van der Waals surface area contributed by atoms with Gasteiger partial charge in [-0.1, -0.05) is 38.5 Å². The van der Waals surface area contributed by atoms with Crippen LogP contribution in [-0.4, -0.2) is 9.97 Å². The van der Waals surface area contributed by atoms with Gasteiger partial charge in [0, 0.05) is 12.4 Å². The van der Waals surface area contributed by atoms with Gasteiger partial charge in [0.1, 0.15) is 6.33 Å². The van der Waals surface area contributed by atoms with Crippen molar-refractivity contribution in [2.24, 2.45) is 0 Å². The molecule has 0 amide bonds. The third kappa shape index (κ3) is 4.83. The van der Waals surface area contributed by atoms with E-state index in [0.717, 1.165) is 0 Å². The van der Waals surface area contributed by atoms with E-state index < -0.39 is 0 Å². The Kier molecular flexibility index (Phi) is 5.17. The highest BCUT2D eigenvalue weighted by Gasteiger charge is 1.95. The van der Waals surface area contributed by atoms with Gasteiger partial charge in [0.2, 0.25) is 0 Å².